The quantitative estimate of drug-likeness (QED) is 0.596. The van der Waals surface area contributed by atoms with E-state index in [-0.39, 0.29) is 5.91 Å². The van der Waals surface area contributed by atoms with Crippen molar-refractivity contribution in [1.29, 1.82) is 0 Å². The Morgan fingerprint density at radius 1 is 1.50 bits per heavy atom. The highest BCUT2D eigenvalue weighted by Crippen LogP contribution is 2.05. The van der Waals surface area contributed by atoms with E-state index in [0.717, 1.165) is 0 Å². The summed E-state index contributed by atoms with van der Waals surface area (Å²) in [5.41, 5.74) is 5.28. The van der Waals surface area contributed by atoms with Gasteiger partial charge in [-0.3, -0.25) is 9.59 Å². The molecule has 82 valence electrons. The molecule has 1 atom stereocenters. The number of nitrogens with zero attached hydrogens (tertiary/aromatic N) is 1. The molecule has 0 aromatic rings. The van der Waals surface area contributed by atoms with Crippen molar-refractivity contribution >= 4 is 23.6 Å². The summed E-state index contributed by atoms with van der Waals surface area (Å²) in [4.78, 5) is 22.9. The van der Waals surface area contributed by atoms with Gasteiger partial charge >= 0.3 is 5.97 Å². The highest BCUT2D eigenvalue weighted by Gasteiger charge is 2.11. The third-order valence-corrected chi connectivity index (χ3v) is 2.66. The normalized spacial score (nSPS) is 12.2. The molecule has 5 nitrogen and oxygen atoms in total. The maximum Gasteiger partial charge on any atom is 0.321 e. The molecule has 0 aromatic heterocycles. The molecule has 0 spiro atoms. The van der Waals surface area contributed by atoms with Crippen molar-refractivity contribution < 1.29 is 14.7 Å². The number of rotatable bonds is 6. The summed E-state index contributed by atoms with van der Waals surface area (Å²) in [5.74, 6) is -0.00792. The van der Waals surface area contributed by atoms with E-state index in [1.54, 1.807) is 14.1 Å². The Balaban J connectivity index is 3.47. The maximum atomic E-state index is 11.1. The Morgan fingerprint density at radius 3 is 2.50 bits per heavy atom. The average molecular weight is 220 g/mol. The van der Waals surface area contributed by atoms with E-state index in [4.69, 9.17) is 10.8 Å². The number of hydrogen-bond acceptors (Lipinski definition) is 4. The lowest BCUT2D eigenvalue weighted by molar-refractivity contribution is -0.137. The number of carbonyl (C=O) groups excluding carboxylic acids is 1. The predicted molar refractivity (Wildman–Crippen MR) is 56.2 cm³/mol. The lowest BCUT2D eigenvalue weighted by Gasteiger charge is -2.10. The lowest BCUT2D eigenvalue weighted by Crippen LogP contribution is -2.32. The molecule has 0 aliphatic carbocycles. The molecule has 1 amide bonds. The summed E-state index contributed by atoms with van der Waals surface area (Å²) >= 11 is 1.38. The number of carbonyl (C=O) groups is 2. The van der Waals surface area contributed by atoms with Crippen molar-refractivity contribution in [3.05, 3.63) is 0 Å². The Morgan fingerprint density at radius 2 is 2.07 bits per heavy atom. The van der Waals surface area contributed by atoms with Gasteiger partial charge in [0.1, 0.15) is 6.04 Å². The molecule has 0 unspecified atom stereocenters. The van der Waals surface area contributed by atoms with Crippen LogP contribution in [0.5, 0.6) is 0 Å². The van der Waals surface area contributed by atoms with Crippen molar-refractivity contribution in [1.82, 2.24) is 4.90 Å². The smallest absolute Gasteiger partial charge is 0.321 e. The molecule has 0 aromatic carbocycles. The van der Waals surface area contributed by atoms with Crippen LogP contribution >= 0.6 is 11.8 Å². The second kappa shape index (κ2) is 6.67. The van der Waals surface area contributed by atoms with Crippen LogP contribution in [-0.2, 0) is 9.59 Å². The minimum atomic E-state index is -1.00. The largest absolute Gasteiger partial charge is 0.480 e. The maximum absolute atomic E-state index is 11.1. The van der Waals surface area contributed by atoms with E-state index >= 15 is 0 Å². The molecule has 0 saturated heterocycles. The van der Waals surface area contributed by atoms with Gasteiger partial charge in [0.15, 0.2) is 0 Å². The van der Waals surface area contributed by atoms with Crippen molar-refractivity contribution in [3.8, 4) is 0 Å². The Bertz CT molecular complexity index is 209. The second-order valence-electron chi connectivity index (χ2n) is 3.06. The van der Waals surface area contributed by atoms with E-state index in [0.29, 0.717) is 17.9 Å². The SMILES string of the molecule is CN(C)C(=O)CCSC[C@@H](N)C(=O)O. The van der Waals surface area contributed by atoms with Gasteiger partial charge in [0.05, 0.1) is 0 Å². The van der Waals surface area contributed by atoms with E-state index in [9.17, 15) is 9.59 Å². The predicted octanol–water partition coefficient (Wildman–Crippen LogP) is -0.390. The highest BCUT2D eigenvalue weighted by molar-refractivity contribution is 7.99. The Kier molecular flexibility index (Phi) is 6.31. The molecule has 0 radical (unpaired) electrons. The average Bonchev–Trinajstić information content (AvgIpc) is 2.11. The van der Waals surface area contributed by atoms with Gasteiger partial charge in [-0.25, -0.2) is 0 Å². The van der Waals surface area contributed by atoms with Gasteiger partial charge in [0, 0.05) is 32.0 Å². The Labute approximate surface area is 87.6 Å². The number of amides is 1. The molecule has 0 aliphatic rings. The zero-order valence-electron chi connectivity index (χ0n) is 8.40. The van der Waals surface area contributed by atoms with Crippen LogP contribution in [-0.4, -0.2) is 53.5 Å². The van der Waals surface area contributed by atoms with Gasteiger partial charge in [-0.15, -0.1) is 0 Å². The van der Waals surface area contributed by atoms with E-state index in [1.807, 2.05) is 0 Å². The lowest BCUT2D eigenvalue weighted by atomic mass is 10.4. The minimum Gasteiger partial charge on any atom is -0.480 e. The number of aliphatic carboxylic acids is 1. The third kappa shape index (κ3) is 5.82. The van der Waals surface area contributed by atoms with Crippen LogP contribution in [0, 0.1) is 0 Å². The van der Waals surface area contributed by atoms with Gasteiger partial charge in [0.2, 0.25) is 5.91 Å². The number of hydrogen-bond donors (Lipinski definition) is 2. The number of nitrogens with two attached hydrogens (primary N) is 1. The summed E-state index contributed by atoms with van der Waals surface area (Å²) < 4.78 is 0. The fourth-order valence-corrected chi connectivity index (χ4v) is 1.55. The zero-order valence-corrected chi connectivity index (χ0v) is 9.21. The molecular weight excluding hydrogens is 204 g/mol. The summed E-state index contributed by atoms with van der Waals surface area (Å²) in [6.07, 6.45) is 0.421. The van der Waals surface area contributed by atoms with Crippen LogP contribution in [0.25, 0.3) is 0 Å². The highest BCUT2D eigenvalue weighted by atomic mass is 32.2. The molecular formula is C8H16N2O3S. The molecule has 3 N–H and O–H groups in total. The molecule has 14 heavy (non-hydrogen) atoms. The molecule has 0 rings (SSSR count). The number of thioether (sulfide) groups is 1. The van der Waals surface area contributed by atoms with Crippen LogP contribution in [0.15, 0.2) is 0 Å². The van der Waals surface area contributed by atoms with E-state index in [1.165, 1.54) is 16.7 Å². The van der Waals surface area contributed by atoms with Crippen molar-refractivity contribution in [2.45, 2.75) is 12.5 Å². The van der Waals surface area contributed by atoms with Crippen LogP contribution in [0.1, 0.15) is 6.42 Å². The molecule has 0 aliphatic heterocycles. The van der Waals surface area contributed by atoms with Crippen LogP contribution in [0.2, 0.25) is 0 Å². The fraction of sp³-hybridized carbons (Fsp3) is 0.750. The summed E-state index contributed by atoms with van der Waals surface area (Å²) in [6.45, 7) is 0. The second-order valence-corrected chi connectivity index (χ2v) is 4.21. The van der Waals surface area contributed by atoms with Gasteiger partial charge in [-0.05, 0) is 0 Å². The molecule has 0 fully saturated rings. The van der Waals surface area contributed by atoms with Crippen molar-refractivity contribution in [2.75, 3.05) is 25.6 Å². The molecule has 0 heterocycles. The van der Waals surface area contributed by atoms with Gasteiger partial charge in [0.25, 0.3) is 0 Å². The van der Waals surface area contributed by atoms with Gasteiger partial charge < -0.3 is 15.7 Å². The zero-order chi connectivity index (χ0) is 11.1. The summed E-state index contributed by atoms with van der Waals surface area (Å²) in [5, 5.41) is 8.47. The first kappa shape index (κ1) is 13.2. The van der Waals surface area contributed by atoms with E-state index in [2.05, 4.69) is 0 Å². The van der Waals surface area contributed by atoms with Gasteiger partial charge in [-0.1, -0.05) is 0 Å². The molecule has 0 saturated carbocycles. The third-order valence-electron chi connectivity index (χ3n) is 1.57. The van der Waals surface area contributed by atoms with Crippen LogP contribution in [0.3, 0.4) is 0 Å². The topological polar surface area (TPSA) is 83.6 Å². The minimum absolute atomic E-state index is 0.0430. The summed E-state index contributed by atoms with van der Waals surface area (Å²) in [7, 11) is 3.38. The first-order chi connectivity index (χ1) is 6.45. The van der Waals surface area contributed by atoms with Crippen LogP contribution < -0.4 is 5.73 Å². The number of carboxylic acids is 1. The monoisotopic (exact) mass is 220 g/mol. The first-order valence-corrected chi connectivity index (χ1v) is 5.37. The van der Waals surface area contributed by atoms with Crippen molar-refractivity contribution in [2.24, 2.45) is 5.73 Å². The first-order valence-electron chi connectivity index (χ1n) is 4.21. The van der Waals surface area contributed by atoms with Crippen molar-refractivity contribution in [3.63, 3.8) is 0 Å². The van der Waals surface area contributed by atoms with Gasteiger partial charge in [-0.2, -0.15) is 11.8 Å². The van der Waals surface area contributed by atoms with E-state index < -0.39 is 12.0 Å². The molecule has 6 heteroatoms. The van der Waals surface area contributed by atoms with Crippen LogP contribution in [0.4, 0.5) is 0 Å². The standard InChI is InChI=1S/C8H16N2O3S/c1-10(2)7(11)3-4-14-5-6(9)8(12)13/h6H,3-5,9H2,1-2H3,(H,12,13)/t6-/m1/s1. The Hall–Kier alpha value is -0.750. The number of carboxylic acid groups (broad SMARTS) is 1. The summed E-state index contributed by atoms with van der Waals surface area (Å²) in [6, 6.07) is -0.838. The fourth-order valence-electron chi connectivity index (χ4n) is 0.665. The molecule has 0 bridgehead atoms.